The van der Waals surface area contributed by atoms with Gasteiger partial charge in [-0.05, 0) is 12.1 Å². The van der Waals surface area contributed by atoms with Gasteiger partial charge < -0.3 is 5.11 Å². The number of halogens is 2. The Bertz CT molecular complexity index is 674. The predicted molar refractivity (Wildman–Crippen MR) is 78.2 cm³/mol. The second-order valence-corrected chi connectivity index (χ2v) is 5.87. The molecule has 1 N–H and O–H groups in total. The van der Waals surface area contributed by atoms with Gasteiger partial charge >= 0.3 is 0 Å². The van der Waals surface area contributed by atoms with E-state index in [2.05, 4.69) is 4.98 Å². The average molecular weight is 313 g/mol. The molecule has 3 nitrogen and oxygen atoms in total. The molecule has 6 heteroatoms. The number of benzene rings is 1. The van der Waals surface area contributed by atoms with Crippen LogP contribution in [0.2, 0.25) is 10.0 Å². The molecule has 0 aliphatic rings. The normalized spacial score (nSPS) is 13.0. The van der Waals surface area contributed by atoms with E-state index < -0.39 is 6.10 Å². The van der Waals surface area contributed by atoms with Crippen molar-refractivity contribution >= 4 is 39.5 Å². The quantitative estimate of drug-likeness (QED) is 0.794. The van der Waals surface area contributed by atoms with E-state index in [0.29, 0.717) is 22.0 Å². The van der Waals surface area contributed by atoms with Crippen molar-refractivity contribution in [1.82, 2.24) is 9.38 Å². The number of rotatable bonds is 3. The molecule has 0 amide bonds. The summed E-state index contributed by atoms with van der Waals surface area (Å²) >= 11 is 13.7. The van der Waals surface area contributed by atoms with Crippen molar-refractivity contribution in [2.75, 3.05) is 0 Å². The van der Waals surface area contributed by atoms with Crippen LogP contribution in [0.15, 0.2) is 36.0 Å². The van der Waals surface area contributed by atoms with E-state index in [0.717, 1.165) is 10.7 Å². The molecule has 3 aromatic rings. The number of aliphatic hydroxyl groups excluding tert-OH is 1. The molecule has 0 radical (unpaired) electrons. The number of imidazole rings is 1. The van der Waals surface area contributed by atoms with Crippen molar-refractivity contribution in [3.8, 4) is 0 Å². The molecular weight excluding hydrogens is 303 g/mol. The van der Waals surface area contributed by atoms with E-state index in [1.165, 1.54) is 0 Å². The molecule has 2 heterocycles. The minimum Gasteiger partial charge on any atom is -0.388 e. The third kappa shape index (κ3) is 2.49. The number of fused-ring (bicyclic) bond motifs is 1. The molecule has 0 spiro atoms. The monoisotopic (exact) mass is 312 g/mol. The van der Waals surface area contributed by atoms with E-state index in [-0.39, 0.29) is 0 Å². The molecule has 0 saturated heterocycles. The Morgan fingerprint density at radius 2 is 2.05 bits per heavy atom. The fraction of sp³-hybridized carbons (Fsp3) is 0.154. The van der Waals surface area contributed by atoms with Crippen LogP contribution in [0.5, 0.6) is 0 Å². The van der Waals surface area contributed by atoms with Crippen LogP contribution in [-0.4, -0.2) is 14.5 Å². The summed E-state index contributed by atoms with van der Waals surface area (Å²) in [5.74, 6) is 0. The average Bonchev–Trinajstić information content (AvgIpc) is 2.89. The molecular formula is C13H10Cl2N2OS. The van der Waals surface area contributed by atoms with Gasteiger partial charge in [-0.3, -0.25) is 4.40 Å². The standard InChI is InChI=1S/C13H10Cl2N2OS/c14-9-2-1-3-10(15)12(9)11(18)6-8-7-17-4-5-19-13(17)16-8/h1-5,7,11,18H,6H2. The van der Waals surface area contributed by atoms with Crippen LogP contribution in [0.1, 0.15) is 17.4 Å². The van der Waals surface area contributed by atoms with Gasteiger partial charge in [0.05, 0.1) is 11.8 Å². The molecule has 3 rings (SSSR count). The third-order valence-corrected chi connectivity index (χ3v) is 4.31. The van der Waals surface area contributed by atoms with Crippen molar-refractivity contribution in [3.63, 3.8) is 0 Å². The van der Waals surface area contributed by atoms with Crippen LogP contribution in [-0.2, 0) is 6.42 Å². The smallest absolute Gasteiger partial charge is 0.193 e. The van der Waals surface area contributed by atoms with Crippen LogP contribution in [0.4, 0.5) is 0 Å². The zero-order chi connectivity index (χ0) is 13.4. The molecule has 1 atom stereocenters. The first-order valence-electron chi connectivity index (χ1n) is 5.68. The van der Waals surface area contributed by atoms with Crippen LogP contribution < -0.4 is 0 Å². The largest absolute Gasteiger partial charge is 0.388 e. The molecule has 0 bridgehead atoms. The number of nitrogens with zero attached hydrogens (tertiary/aromatic N) is 2. The summed E-state index contributed by atoms with van der Waals surface area (Å²) < 4.78 is 1.93. The molecule has 2 aromatic heterocycles. The van der Waals surface area contributed by atoms with Crippen molar-refractivity contribution in [1.29, 1.82) is 0 Å². The van der Waals surface area contributed by atoms with Gasteiger partial charge in [0, 0.05) is 39.8 Å². The SMILES string of the molecule is OC(Cc1cn2ccsc2n1)c1c(Cl)cccc1Cl. The van der Waals surface area contributed by atoms with Gasteiger partial charge in [-0.15, -0.1) is 11.3 Å². The zero-order valence-corrected chi connectivity index (χ0v) is 12.1. The molecule has 0 saturated carbocycles. The van der Waals surface area contributed by atoms with Crippen molar-refractivity contribution in [2.45, 2.75) is 12.5 Å². The molecule has 1 aromatic carbocycles. The van der Waals surface area contributed by atoms with Gasteiger partial charge in [0.25, 0.3) is 0 Å². The predicted octanol–water partition coefficient (Wildman–Crippen LogP) is 3.98. The van der Waals surface area contributed by atoms with Crippen molar-refractivity contribution in [3.05, 3.63) is 57.3 Å². The Morgan fingerprint density at radius 3 is 2.74 bits per heavy atom. The summed E-state index contributed by atoms with van der Waals surface area (Å²) in [7, 11) is 0. The Kier molecular flexibility index (Phi) is 3.50. The van der Waals surface area contributed by atoms with Crippen LogP contribution >= 0.6 is 34.5 Å². The maximum Gasteiger partial charge on any atom is 0.193 e. The van der Waals surface area contributed by atoms with Crippen molar-refractivity contribution in [2.24, 2.45) is 0 Å². The van der Waals surface area contributed by atoms with Gasteiger partial charge in [-0.1, -0.05) is 29.3 Å². The minimum atomic E-state index is -0.759. The highest BCUT2D eigenvalue weighted by atomic mass is 35.5. The summed E-state index contributed by atoms with van der Waals surface area (Å²) in [5.41, 5.74) is 1.37. The lowest BCUT2D eigenvalue weighted by Crippen LogP contribution is -2.03. The molecule has 98 valence electrons. The fourth-order valence-corrected chi connectivity index (χ4v) is 3.37. The van der Waals surface area contributed by atoms with Crippen LogP contribution in [0.25, 0.3) is 4.96 Å². The number of thiazole rings is 1. The Balaban J connectivity index is 1.88. The number of hydrogen-bond acceptors (Lipinski definition) is 3. The molecule has 0 aliphatic heterocycles. The topological polar surface area (TPSA) is 37.5 Å². The second kappa shape index (κ2) is 5.13. The van der Waals surface area contributed by atoms with Gasteiger partial charge in [0.2, 0.25) is 0 Å². The first-order chi connectivity index (χ1) is 9.15. The first-order valence-corrected chi connectivity index (χ1v) is 7.32. The Hall–Kier alpha value is -1.07. The number of aliphatic hydroxyl groups is 1. The Morgan fingerprint density at radius 1 is 1.32 bits per heavy atom. The van der Waals surface area contributed by atoms with Crippen molar-refractivity contribution < 1.29 is 5.11 Å². The second-order valence-electron chi connectivity index (χ2n) is 4.18. The number of hydrogen-bond donors (Lipinski definition) is 1. The van der Waals surface area contributed by atoms with E-state index in [1.54, 1.807) is 29.5 Å². The Labute approximate surface area is 124 Å². The lowest BCUT2D eigenvalue weighted by Gasteiger charge is -2.13. The summed E-state index contributed by atoms with van der Waals surface area (Å²) in [6, 6.07) is 5.20. The highest BCUT2D eigenvalue weighted by Gasteiger charge is 2.17. The van der Waals surface area contributed by atoms with Crippen LogP contribution in [0, 0.1) is 0 Å². The summed E-state index contributed by atoms with van der Waals surface area (Å²) in [6.45, 7) is 0. The fourth-order valence-electron chi connectivity index (χ4n) is 2.00. The van der Waals surface area contributed by atoms with E-state index in [9.17, 15) is 5.11 Å². The van der Waals surface area contributed by atoms with Gasteiger partial charge in [-0.25, -0.2) is 4.98 Å². The first kappa shape index (κ1) is 12.9. The lowest BCUT2D eigenvalue weighted by molar-refractivity contribution is 0.177. The molecule has 0 fully saturated rings. The van der Waals surface area contributed by atoms with E-state index in [1.807, 2.05) is 22.2 Å². The number of aromatic nitrogens is 2. The third-order valence-electron chi connectivity index (χ3n) is 2.88. The van der Waals surface area contributed by atoms with Gasteiger partial charge in [-0.2, -0.15) is 0 Å². The minimum absolute atomic E-state index is 0.387. The van der Waals surface area contributed by atoms with Gasteiger partial charge in [0.15, 0.2) is 4.96 Å². The maximum absolute atomic E-state index is 10.3. The molecule has 1 unspecified atom stereocenters. The summed E-state index contributed by atoms with van der Waals surface area (Å²) in [4.78, 5) is 5.34. The molecule has 19 heavy (non-hydrogen) atoms. The highest BCUT2D eigenvalue weighted by molar-refractivity contribution is 7.15. The van der Waals surface area contributed by atoms with E-state index in [4.69, 9.17) is 23.2 Å². The van der Waals surface area contributed by atoms with Gasteiger partial charge in [0.1, 0.15) is 0 Å². The summed E-state index contributed by atoms with van der Waals surface area (Å²) in [5, 5.41) is 13.2. The lowest BCUT2D eigenvalue weighted by atomic mass is 10.1. The zero-order valence-electron chi connectivity index (χ0n) is 9.75. The summed E-state index contributed by atoms with van der Waals surface area (Å²) in [6.07, 6.45) is 3.47. The molecule has 0 aliphatic carbocycles. The van der Waals surface area contributed by atoms with Crippen LogP contribution in [0.3, 0.4) is 0 Å². The maximum atomic E-state index is 10.3. The highest BCUT2D eigenvalue weighted by Crippen LogP contribution is 2.32. The van der Waals surface area contributed by atoms with E-state index >= 15 is 0 Å².